The summed E-state index contributed by atoms with van der Waals surface area (Å²) in [6.45, 7) is 1.90. The molecule has 1 saturated carbocycles. The fourth-order valence-corrected chi connectivity index (χ4v) is 2.37. The van der Waals surface area contributed by atoms with Crippen LogP contribution in [0.3, 0.4) is 0 Å². The molecule has 88 valence electrons. The summed E-state index contributed by atoms with van der Waals surface area (Å²) in [6.07, 6.45) is 3.77. The summed E-state index contributed by atoms with van der Waals surface area (Å²) < 4.78 is 9.83. The number of ether oxygens (including phenoxy) is 1. The van der Waals surface area contributed by atoms with Gasteiger partial charge in [0.15, 0.2) is 0 Å². The minimum absolute atomic E-state index is 0.0743. The minimum atomic E-state index is -0.0743. The molecule has 0 amide bonds. The van der Waals surface area contributed by atoms with Gasteiger partial charge in [-0.3, -0.25) is 4.79 Å². The van der Waals surface area contributed by atoms with Crippen LogP contribution in [0.2, 0.25) is 0 Å². The lowest BCUT2D eigenvalue weighted by atomic mass is 9.80. The monoisotopic (exact) mass is 223 g/mol. The molecule has 0 bridgehead atoms. The Morgan fingerprint density at radius 1 is 1.44 bits per heavy atom. The number of rotatable bonds is 2. The SMILES string of the molecule is COC(=O)C1CCC(c2cc(C)on2)CC1. The quantitative estimate of drug-likeness (QED) is 0.722. The maximum Gasteiger partial charge on any atom is 0.308 e. The Labute approximate surface area is 95.0 Å². The summed E-state index contributed by atoms with van der Waals surface area (Å²) in [5.41, 5.74) is 1.03. The maximum absolute atomic E-state index is 11.4. The summed E-state index contributed by atoms with van der Waals surface area (Å²) in [7, 11) is 1.45. The molecule has 1 aromatic rings. The number of hydrogen-bond acceptors (Lipinski definition) is 4. The normalized spacial score (nSPS) is 25.4. The molecule has 4 nitrogen and oxygen atoms in total. The van der Waals surface area contributed by atoms with E-state index in [9.17, 15) is 4.79 Å². The average Bonchev–Trinajstić information content (AvgIpc) is 2.75. The van der Waals surface area contributed by atoms with Crippen molar-refractivity contribution in [2.75, 3.05) is 7.11 Å². The van der Waals surface area contributed by atoms with E-state index in [4.69, 9.17) is 9.26 Å². The molecular formula is C12H17NO3. The van der Waals surface area contributed by atoms with Gasteiger partial charge in [-0.25, -0.2) is 0 Å². The number of hydrogen-bond donors (Lipinski definition) is 0. The van der Waals surface area contributed by atoms with Crippen molar-refractivity contribution in [3.05, 3.63) is 17.5 Å². The molecular weight excluding hydrogens is 206 g/mol. The summed E-state index contributed by atoms with van der Waals surface area (Å²) in [5, 5.41) is 4.04. The van der Waals surface area contributed by atoms with Gasteiger partial charge in [0, 0.05) is 12.0 Å². The third kappa shape index (κ3) is 2.26. The second-order valence-corrected chi connectivity index (χ2v) is 4.43. The first kappa shape index (κ1) is 11.2. The summed E-state index contributed by atoms with van der Waals surface area (Å²) in [6, 6.07) is 1.99. The number of esters is 1. The topological polar surface area (TPSA) is 52.3 Å². The van der Waals surface area contributed by atoms with Gasteiger partial charge in [-0.05, 0) is 32.6 Å². The molecule has 4 heteroatoms. The van der Waals surface area contributed by atoms with Crippen molar-refractivity contribution in [2.24, 2.45) is 5.92 Å². The van der Waals surface area contributed by atoms with Crippen LogP contribution in [0.5, 0.6) is 0 Å². The first-order valence-corrected chi connectivity index (χ1v) is 5.71. The first-order valence-electron chi connectivity index (χ1n) is 5.71. The lowest BCUT2D eigenvalue weighted by molar-refractivity contribution is -0.146. The lowest BCUT2D eigenvalue weighted by Gasteiger charge is -2.25. The highest BCUT2D eigenvalue weighted by molar-refractivity contribution is 5.72. The van der Waals surface area contributed by atoms with Gasteiger partial charge in [-0.15, -0.1) is 0 Å². The predicted molar refractivity (Wildman–Crippen MR) is 58.0 cm³/mol. The Morgan fingerprint density at radius 2 is 2.12 bits per heavy atom. The van der Waals surface area contributed by atoms with Gasteiger partial charge in [-0.1, -0.05) is 5.16 Å². The van der Waals surface area contributed by atoms with Crippen LogP contribution in [-0.2, 0) is 9.53 Å². The number of carbonyl (C=O) groups is 1. The van der Waals surface area contributed by atoms with Gasteiger partial charge < -0.3 is 9.26 Å². The molecule has 0 atom stereocenters. The average molecular weight is 223 g/mol. The van der Waals surface area contributed by atoms with Crippen molar-refractivity contribution in [1.29, 1.82) is 0 Å². The summed E-state index contributed by atoms with van der Waals surface area (Å²) in [4.78, 5) is 11.4. The Hall–Kier alpha value is -1.32. The Kier molecular flexibility index (Phi) is 3.27. The molecule has 0 aromatic carbocycles. The highest BCUT2D eigenvalue weighted by Crippen LogP contribution is 2.35. The van der Waals surface area contributed by atoms with Crippen molar-refractivity contribution < 1.29 is 14.1 Å². The molecule has 1 aromatic heterocycles. The summed E-state index contributed by atoms with van der Waals surface area (Å²) >= 11 is 0. The van der Waals surface area contributed by atoms with Crippen LogP contribution in [0.25, 0.3) is 0 Å². The Balaban J connectivity index is 1.92. The molecule has 0 spiro atoms. The zero-order chi connectivity index (χ0) is 11.5. The van der Waals surface area contributed by atoms with Crippen LogP contribution in [0, 0.1) is 12.8 Å². The number of nitrogens with zero attached hydrogens (tertiary/aromatic N) is 1. The van der Waals surface area contributed by atoms with E-state index < -0.39 is 0 Å². The van der Waals surface area contributed by atoms with E-state index in [1.54, 1.807) is 0 Å². The number of aromatic nitrogens is 1. The van der Waals surface area contributed by atoms with Crippen molar-refractivity contribution in [2.45, 2.75) is 38.5 Å². The van der Waals surface area contributed by atoms with E-state index in [1.165, 1.54) is 7.11 Å². The van der Waals surface area contributed by atoms with Crippen molar-refractivity contribution >= 4 is 5.97 Å². The largest absolute Gasteiger partial charge is 0.469 e. The molecule has 16 heavy (non-hydrogen) atoms. The van der Waals surface area contributed by atoms with Gasteiger partial charge >= 0.3 is 5.97 Å². The molecule has 0 aliphatic heterocycles. The fraction of sp³-hybridized carbons (Fsp3) is 0.667. The van der Waals surface area contributed by atoms with Crippen molar-refractivity contribution in [1.82, 2.24) is 5.16 Å². The highest BCUT2D eigenvalue weighted by atomic mass is 16.5. The van der Waals surface area contributed by atoms with Gasteiger partial charge in [0.2, 0.25) is 0 Å². The van der Waals surface area contributed by atoms with E-state index in [-0.39, 0.29) is 11.9 Å². The molecule has 0 unspecified atom stereocenters. The number of carbonyl (C=O) groups excluding carboxylic acids is 1. The van der Waals surface area contributed by atoms with Crippen LogP contribution < -0.4 is 0 Å². The van der Waals surface area contributed by atoms with Crippen molar-refractivity contribution in [3.63, 3.8) is 0 Å². The molecule has 1 aliphatic rings. The van der Waals surface area contributed by atoms with Gasteiger partial charge in [-0.2, -0.15) is 0 Å². The molecule has 2 rings (SSSR count). The van der Waals surface area contributed by atoms with Crippen LogP contribution in [0.15, 0.2) is 10.6 Å². The number of methoxy groups -OCH3 is 1. The van der Waals surface area contributed by atoms with Crippen molar-refractivity contribution in [3.8, 4) is 0 Å². The maximum atomic E-state index is 11.4. The standard InChI is InChI=1S/C12H17NO3/c1-8-7-11(13-16-8)9-3-5-10(6-4-9)12(14)15-2/h7,9-10H,3-6H2,1-2H3. The Bertz CT molecular complexity index is 364. The van der Waals surface area contributed by atoms with Crippen LogP contribution in [0.4, 0.5) is 0 Å². The fourth-order valence-electron chi connectivity index (χ4n) is 2.37. The van der Waals surface area contributed by atoms with Crippen LogP contribution >= 0.6 is 0 Å². The molecule has 1 aliphatic carbocycles. The van der Waals surface area contributed by atoms with Crippen LogP contribution in [-0.4, -0.2) is 18.2 Å². The predicted octanol–water partition coefficient (Wildman–Crippen LogP) is 2.43. The van der Waals surface area contributed by atoms with E-state index in [2.05, 4.69) is 5.16 Å². The Morgan fingerprint density at radius 3 is 2.62 bits per heavy atom. The minimum Gasteiger partial charge on any atom is -0.469 e. The third-order valence-corrected chi connectivity index (χ3v) is 3.33. The molecule has 0 saturated heterocycles. The molecule has 0 radical (unpaired) electrons. The zero-order valence-corrected chi connectivity index (χ0v) is 9.73. The second kappa shape index (κ2) is 4.68. The van der Waals surface area contributed by atoms with E-state index in [0.717, 1.165) is 37.1 Å². The smallest absolute Gasteiger partial charge is 0.308 e. The van der Waals surface area contributed by atoms with Crippen LogP contribution in [0.1, 0.15) is 43.1 Å². The lowest BCUT2D eigenvalue weighted by Crippen LogP contribution is -2.22. The first-order chi connectivity index (χ1) is 7.70. The number of aryl methyl sites for hydroxylation is 1. The van der Waals surface area contributed by atoms with Gasteiger partial charge in [0.1, 0.15) is 5.76 Å². The van der Waals surface area contributed by atoms with E-state index >= 15 is 0 Å². The van der Waals surface area contributed by atoms with Gasteiger partial charge in [0.25, 0.3) is 0 Å². The molecule has 1 fully saturated rings. The molecule has 0 N–H and O–H groups in total. The third-order valence-electron chi connectivity index (χ3n) is 3.33. The second-order valence-electron chi connectivity index (χ2n) is 4.43. The molecule has 1 heterocycles. The highest BCUT2D eigenvalue weighted by Gasteiger charge is 2.28. The zero-order valence-electron chi connectivity index (χ0n) is 9.73. The van der Waals surface area contributed by atoms with E-state index in [0.29, 0.717) is 5.92 Å². The van der Waals surface area contributed by atoms with E-state index in [1.807, 2.05) is 13.0 Å². The summed E-state index contributed by atoms with van der Waals surface area (Å²) in [5.74, 6) is 1.30. The van der Waals surface area contributed by atoms with Gasteiger partial charge in [0.05, 0.1) is 18.7 Å².